The third kappa shape index (κ3) is 3.89. The normalized spacial score (nSPS) is 20.0. The Kier molecular flexibility index (Phi) is 8.50. The van der Waals surface area contributed by atoms with Gasteiger partial charge in [0.2, 0.25) is 11.5 Å². The minimum Gasteiger partial charge on any atom is -0.492 e. The highest BCUT2D eigenvalue weighted by molar-refractivity contribution is 5.85. The first-order valence-electron chi connectivity index (χ1n) is 9.65. The minimum absolute atomic E-state index is 0. The summed E-state index contributed by atoms with van der Waals surface area (Å²) in [4.78, 5) is 2.57. The number of hydrogen-bond donors (Lipinski definition) is 1. The van der Waals surface area contributed by atoms with Gasteiger partial charge in [-0.25, -0.2) is 0 Å². The van der Waals surface area contributed by atoms with Crippen molar-refractivity contribution in [1.82, 2.24) is 10.2 Å². The van der Waals surface area contributed by atoms with Crippen molar-refractivity contribution in [3.05, 3.63) is 47.0 Å². The van der Waals surface area contributed by atoms with Gasteiger partial charge in [0.1, 0.15) is 0 Å². The zero-order valence-corrected chi connectivity index (χ0v) is 19.4. The van der Waals surface area contributed by atoms with E-state index in [1.807, 2.05) is 0 Å². The number of ether oxygens (including phenoxy) is 4. The molecule has 6 nitrogen and oxygen atoms in total. The highest BCUT2D eigenvalue weighted by Gasteiger charge is 2.42. The van der Waals surface area contributed by atoms with E-state index in [4.69, 9.17) is 18.9 Å². The number of nitrogens with one attached hydrogen (secondary N) is 1. The molecular formula is C22H30Cl2N2O4. The molecule has 30 heavy (non-hydrogen) atoms. The second-order valence-electron chi connectivity index (χ2n) is 7.14. The van der Waals surface area contributed by atoms with Crippen LogP contribution in [0.3, 0.4) is 0 Å². The second kappa shape index (κ2) is 10.4. The highest BCUT2D eigenvalue weighted by atomic mass is 35.5. The Morgan fingerprint density at radius 1 is 0.833 bits per heavy atom. The van der Waals surface area contributed by atoms with Crippen molar-refractivity contribution in [2.45, 2.75) is 18.5 Å². The summed E-state index contributed by atoms with van der Waals surface area (Å²) in [5, 5.41) is 3.53. The topological polar surface area (TPSA) is 52.2 Å². The standard InChI is InChI=1S/C22H28N2O4.2ClH/c1-25-19-16-12-15-13-23-10-11-24(15)18(14-8-6-5-7-9-14)17(16)20(26-2)22(28-4)21(19)27-3;;/h5-9,15,18,23H,10-13H2,1-4H3;2*1H. The Balaban J connectivity index is 0.00000160. The van der Waals surface area contributed by atoms with E-state index < -0.39 is 0 Å². The quantitative estimate of drug-likeness (QED) is 0.742. The van der Waals surface area contributed by atoms with Gasteiger partial charge in [0, 0.05) is 36.8 Å². The summed E-state index contributed by atoms with van der Waals surface area (Å²) in [7, 11) is 6.65. The van der Waals surface area contributed by atoms with Crippen LogP contribution in [0.25, 0.3) is 0 Å². The number of fused-ring (bicyclic) bond motifs is 2. The molecule has 2 aromatic carbocycles. The van der Waals surface area contributed by atoms with E-state index in [2.05, 4.69) is 40.5 Å². The average Bonchev–Trinajstić information content (AvgIpc) is 2.76. The van der Waals surface area contributed by atoms with Gasteiger partial charge in [0.25, 0.3) is 0 Å². The molecule has 0 aliphatic carbocycles. The van der Waals surface area contributed by atoms with Gasteiger partial charge in [0.15, 0.2) is 11.5 Å². The SMILES string of the molecule is COc1c2c(c(OC)c(OC)c1OC)C(c1ccccc1)N1CCNCC1C2.Cl.Cl. The van der Waals surface area contributed by atoms with Gasteiger partial charge in [-0.1, -0.05) is 30.3 Å². The molecule has 2 aliphatic rings. The van der Waals surface area contributed by atoms with Gasteiger partial charge < -0.3 is 24.3 Å². The smallest absolute Gasteiger partial charge is 0.207 e. The number of nitrogens with zero attached hydrogens (tertiary/aromatic N) is 1. The fourth-order valence-electron chi connectivity index (χ4n) is 4.71. The molecule has 0 bridgehead atoms. The van der Waals surface area contributed by atoms with Crippen LogP contribution in [0.15, 0.2) is 30.3 Å². The molecule has 0 saturated carbocycles. The molecule has 2 heterocycles. The van der Waals surface area contributed by atoms with Crippen LogP contribution >= 0.6 is 24.8 Å². The zero-order valence-electron chi connectivity index (χ0n) is 17.8. The molecule has 2 aromatic rings. The first kappa shape index (κ1) is 24.4. The molecule has 8 heteroatoms. The minimum atomic E-state index is 0. The predicted octanol–water partition coefficient (Wildman–Crippen LogP) is 3.48. The van der Waals surface area contributed by atoms with Crippen molar-refractivity contribution in [3.8, 4) is 23.0 Å². The molecule has 2 atom stereocenters. The molecule has 0 spiro atoms. The molecule has 2 unspecified atom stereocenters. The number of benzene rings is 2. The lowest BCUT2D eigenvalue weighted by Gasteiger charge is -2.47. The van der Waals surface area contributed by atoms with Crippen LogP contribution in [-0.2, 0) is 6.42 Å². The van der Waals surface area contributed by atoms with Gasteiger partial charge in [-0.05, 0) is 12.0 Å². The monoisotopic (exact) mass is 456 g/mol. The van der Waals surface area contributed by atoms with Crippen molar-refractivity contribution in [1.29, 1.82) is 0 Å². The third-order valence-corrected chi connectivity index (χ3v) is 5.83. The van der Waals surface area contributed by atoms with E-state index in [0.717, 1.165) is 48.7 Å². The number of methoxy groups -OCH3 is 4. The first-order valence-corrected chi connectivity index (χ1v) is 9.65. The fourth-order valence-corrected chi connectivity index (χ4v) is 4.71. The summed E-state index contributed by atoms with van der Waals surface area (Å²) in [6.07, 6.45) is 0.867. The van der Waals surface area contributed by atoms with E-state index in [1.54, 1.807) is 28.4 Å². The van der Waals surface area contributed by atoms with Crippen LogP contribution < -0.4 is 24.3 Å². The summed E-state index contributed by atoms with van der Waals surface area (Å²) < 4.78 is 23.2. The number of halogens is 2. The second-order valence-corrected chi connectivity index (χ2v) is 7.14. The summed E-state index contributed by atoms with van der Waals surface area (Å²) >= 11 is 0. The van der Waals surface area contributed by atoms with Gasteiger partial charge >= 0.3 is 0 Å². The molecule has 0 aromatic heterocycles. The van der Waals surface area contributed by atoms with E-state index in [-0.39, 0.29) is 30.9 Å². The average molecular weight is 457 g/mol. The Bertz CT molecular complexity index is 851. The van der Waals surface area contributed by atoms with Gasteiger partial charge in [-0.3, -0.25) is 4.90 Å². The first-order chi connectivity index (χ1) is 13.7. The van der Waals surface area contributed by atoms with Crippen molar-refractivity contribution in [3.63, 3.8) is 0 Å². The predicted molar refractivity (Wildman–Crippen MR) is 122 cm³/mol. The van der Waals surface area contributed by atoms with E-state index >= 15 is 0 Å². The molecular weight excluding hydrogens is 427 g/mol. The van der Waals surface area contributed by atoms with Crippen LogP contribution in [-0.4, -0.2) is 59.0 Å². The molecule has 0 amide bonds. The summed E-state index contributed by atoms with van der Waals surface area (Å²) in [6.45, 7) is 2.90. The molecule has 0 radical (unpaired) electrons. The van der Waals surface area contributed by atoms with Gasteiger partial charge in [0.05, 0.1) is 34.5 Å². The lowest BCUT2D eigenvalue weighted by atomic mass is 9.82. The summed E-state index contributed by atoms with van der Waals surface area (Å²) in [5.41, 5.74) is 3.49. The summed E-state index contributed by atoms with van der Waals surface area (Å²) in [6, 6.07) is 11.0. The molecule has 2 aliphatic heterocycles. The Hall–Kier alpha value is -1.86. The van der Waals surface area contributed by atoms with E-state index in [0.29, 0.717) is 17.5 Å². The van der Waals surface area contributed by atoms with Crippen LogP contribution in [0, 0.1) is 0 Å². The van der Waals surface area contributed by atoms with Crippen LogP contribution in [0.4, 0.5) is 0 Å². The fraction of sp³-hybridized carbons (Fsp3) is 0.455. The van der Waals surface area contributed by atoms with E-state index in [1.165, 1.54) is 5.56 Å². The largest absolute Gasteiger partial charge is 0.492 e. The van der Waals surface area contributed by atoms with Crippen molar-refractivity contribution < 1.29 is 18.9 Å². The Morgan fingerprint density at radius 3 is 2.03 bits per heavy atom. The molecule has 1 saturated heterocycles. The third-order valence-electron chi connectivity index (χ3n) is 5.83. The van der Waals surface area contributed by atoms with Gasteiger partial charge in [-0.2, -0.15) is 0 Å². The number of hydrogen-bond acceptors (Lipinski definition) is 6. The van der Waals surface area contributed by atoms with Gasteiger partial charge in [-0.15, -0.1) is 24.8 Å². The lowest BCUT2D eigenvalue weighted by molar-refractivity contribution is 0.108. The lowest BCUT2D eigenvalue weighted by Crippen LogP contribution is -2.55. The van der Waals surface area contributed by atoms with Crippen LogP contribution in [0.1, 0.15) is 22.7 Å². The number of rotatable bonds is 5. The zero-order chi connectivity index (χ0) is 19.7. The maximum Gasteiger partial charge on any atom is 0.207 e. The van der Waals surface area contributed by atoms with Crippen LogP contribution in [0.2, 0.25) is 0 Å². The summed E-state index contributed by atoms with van der Waals surface area (Å²) in [5.74, 6) is 2.63. The van der Waals surface area contributed by atoms with Crippen molar-refractivity contribution >= 4 is 24.8 Å². The van der Waals surface area contributed by atoms with Crippen molar-refractivity contribution in [2.75, 3.05) is 48.1 Å². The Labute approximate surface area is 190 Å². The molecule has 4 rings (SSSR count). The molecule has 166 valence electrons. The maximum absolute atomic E-state index is 5.91. The number of piperazine rings is 1. The Morgan fingerprint density at radius 2 is 1.43 bits per heavy atom. The van der Waals surface area contributed by atoms with Crippen LogP contribution in [0.5, 0.6) is 23.0 Å². The highest BCUT2D eigenvalue weighted by Crippen LogP contribution is 2.55. The van der Waals surface area contributed by atoms with E-state index in [9.17, 15) is 0 Å². The molecule has 1 fully saturated rings. The molecule has 1 N–H and O–H groups in total. The van der Waals surface area contributed by atoms with Crippen molar-refractivity contribution in [2.24, 2.45) is 0 Å². The maximum atomic E-state index is 5.91.